The normalized spacial score (nSPS) is 34.2. The molecule has 1 fully saturated rings. The lowest BCUT2D eigenvalue weighted by Crippen LogP contribution is -2.24. The lowest BCUT2D eigenvalue weighted by atomic mass is 9.89. The van der Waals surface area contributed by atoms with Crippen molar-refractivity contribution in [1.29, 1.82) is 0 Å². The van der Waals surface area contributed by atoms with Crippen LogP contribution in [-0.4, -0.2) is 23.2 Å². The molecule has 10 heavy (non-hydrogen) atoms. The number of hydrogen-bond donors (Lipinski definition) is 1. The number of hydrogen-bond acceptors (Lipinski definition) is 2. The van der Waals surface area contributed by atoms with Gasteiger partial charge in [0.1, 0.15) is 0 Å². The van der Waals surface area contributed by atoms with Crippen molar-refractivity contribution >= 4 is 11.8 Å². The zero-order chi connectivity index (χ0) is 7.40. The minimum atomic E-state index is 0.394. The van der Waals surface area contributed by atoms with Crippen LogP contribution < -0.4 is 0 Å². The van der Waals surface area contributed by atoms with Crippen LogP contribution in [0.25, 0.3) is 0 Å². The van der Waals surface area contributed by atoms with Crippen molar-refractivity contribution in [2.45, 2.75) is 30.9 Å². The quantitative estimate of drug-likeness (QED) is 0.666. The van der Waals surface area contributed by atoms with Crippen LogP contribution in [0.15, 0.2) is 0 Å². The van der Waals surface area contributed by atoms with Crippen molar-refractivity contribution in [2.24, 2.45) is 5.92 Å². The fraction of sp³-hybridized carbons (Fsp3) is 1.00. The van der Waals surface area contributed by atoms with Gasteiger partial charge in [0.15, 0.2) is 0 Å². The molecule has 1 N–H and O–H groups in total. The first-order valence-electron chi connectivity index (χ1n) is 4.02. The molecule has 0 aliphatic heterocycles. The van der Waals surface area contributed by atoms with Gasteiger partial charge in [-0.05, 0) is 25.0 Å². The van der Waals surface area contributed by atoms with Crippen LogP contribution in [0.5, 0.6) is 0 Å². The van der Waals surface area contributed by atoms with Crippen molar-refractivity contribution in [3.8, 4) is 0 Å². The molecule has 0 radical (unpaired) electrons. The van der Waals surface area contributed by atoms with Gasteiger partial charge in [-0.2, -0.15) is 11.8 Å². The van der Waals surface area contributed by atoms with E-state index in [0.717, 1.165) is 5.25 Å². The molecule has 1 rings (SSSR count). The van der Waals surface area contributed by atoms with Crippen LogP contribution in [-0.2, 0) is 0 Å². The Balaban J connectivity index is 2.34. The van der Waals surface area contributed by atoms with Crippen LogP contribution in [0.1, 0.15) is 25.7 Å². The van der Waals surface area contributed by atoms with Gasteiger partial charge in [-0.15, -0.1) is 0 Å². The van der Waals surface area contributed by atoms with Gasteiger partial charge >= 0.3 is 0 Å². The summed E-state index contributed by atoms with van der Waals surface area (Å²) >= 11 is 1.92. The van der Waals surface area contributed by atoms with Gasteiger partial charge < -0.3 is 5.11 Å². The molecule has 1 aliphatic rings. The van der Waals surface area contributed by atoms with Crippen molar-refractivity contribution in [3.05, 3.63) is 0 Å². The molecule has 1 saturated carbocycles. The van der Waals surface area contributed by atoms with E-state index in [-0.39, 0.29) is 0 Å². The molecule has 2 unspecified atom stereocenters. The molecular formula is C8H16OS. The third kappa shape index (κ3) is 1.89. The minimum Gasteiger partial charge on any atom is -0.396 e. The highest BCUT2D eigenvalue weighted by Crippen LogP contribution is 2.31. The third-order valence-corrected chi connectivity index (χ3v) is 3.60. The Hall–Kier alpha value is 0.310. The van der Waals surface area contributed by atoms with E-state index >= 15 is 0 Å². The Morgan fingerprint density at radius 3 is 2.60 bits per heavy atom. The second kappa shape index (κ2) is 4.24. The molecular weight excluding hydrogens is 144 g/mol. The van der Waals surface area contributed by atoms with E-state index in [2.05, 4.69) is 6.26 Å². The van der Waals surface area contributed by atoms with E-state index in [4.69, 9.17) is 5.11 Å². The first-order chi connectivity index (χ1) is 4.88. The molecule has 2 heteroatoms. The lowest BCUT2D eigenvalue weighted by molar-refractivity contribution is 0.195. The minimum absolute atomic E-state index is 0.394. The summed E-state index contributed by atoms with van der Waals surface area (Å²) in [6.07, 6.45) is 7.39. The van der Waals surface area contributed by atoms with Crippen molar-refractivity contribution in [3.63, 3.8) is 0 Å². The van der Waals surface area contributed by atoms with Gasteiger partial charge in [0.2, 0.25) is 0 Å². The summed E-state index contributed by atoms with van der Waals surface area (Å²) in [4.78, 5) is 0. The molecule has 60 valence electrons. The first-order valence-corrected chi connectivity index (χ1v) is 5.31. The van der Waals surface area contributed by atoms with E-state index in [1.807, 2.05) is 11.8 Å². The molecule has 0 aromatic rings. The fourth-order valence-corrected chi connectivity index (χ4v) is 2.70. The maximum absolute atomic E-state index is 8.98. The smallest absolute Gasteiger partial charge is 0.0469 e. The number of aliphatic hydroxyl groups excluding tert-OH is 1. The second-order valence-electron chi connectivity index (χ2n) is 3.00. The van der Waals surface area contributed by atoms with Crippen LogP contribution in [0.2, 0.25) is 0 Å². The maximum Gasteiger partial charge on any atom is 0.0469 e. The number of aliphatic hydroxyl groups is 1. The summed E-state index contributed by atoms with van der Waals surface area (Å²) in [6.45, 7) is 0.394. The molecule has 0 spiro atoms. The average Bonchev–Trinajstić information content (AvgIpc) is 2.04. The highest BCUT2D eigenvalue weighted by molar-refractivity contribution is 7.99. The Morgan fingerprint density at radius 1 is 1.40 bits per heavy atom. The van der Waals surface area contributed by atoms with Crippen LogP contribution >= 0.6 is 11.8 Å². The predicted molar refractivity (Wildman–Crippen MR) is 46.3 cm³/mol. The van der Waals surface area contributed by atoms with Gasteiger partial charge in [0.05, 0.1) is 0 Å². The zero-order valence-corrected chi connectivity index (χ0v) is 7.36. The van der Waals surface area contributed by atoms with Crippen LogP contribution in [0, 0.1) is 5.92 Å². The molecule has 2 atom stereocenters. The van der Waals surface area contributed by atoms with Crippen molar-refractivity contribution < 1.29 is 5.11 Å². The van der Waals surface area contributed by atoms with E-state index < -0.39 is 0 Å². The van der Waals surface area contributed by atoms with Gasteiger partial charge in [-0.3, -0.25) is 0 Å². The van der Waals surface area contributed by atoms with E-state index in [9.17, 15) is 0 Å². The molecule has 0 aromatic heterocycles. The lowest BCUT2D eigenvalue weighted by Gasteiger charge is -2.28. The highest BCUT2D eigenvalue weighted by atomic mass is 32.2. The van der Waals surface area contributed by atoms with Crippen LogP contribution in [0.3, 0.4) is 0 Å². The van der Waals surface area contributed by atoms with Gasteiger partial charge in [0.25, 0.3) is 0 Å². The second-order valence-corrected chi connectivity index (χ2v) is 4.08. The zero-order valence-electron chi connectivity index (χ0n) is 6.55. The fourth-order valence-electron chi connectivity index (χ4n) is 1.69. The largest absolute Gasteiger partial charge is 0.396 e. The standard InChI is InChI=1S/C8H16OS/c1-10-8-5-3-2-4-7(8)6-9/h7-9H,2-6H2,1H3. The highest BCUT2D eigenvalue weighted by Gasteiger charge is 2.22. The van der Waals surface area contributed by atoms with Gasteiger partial charge in [0, 0.05) is 11.9 Å². The SMILES string of the molecule is CSC1CCCCC1CO. The summed E-state index contributed by atoms with van der Waals surface area (Å²) < 4.78 is 0. The summed E-state index contributed by atoms with van der Waals surface area (Å²) in [7, 11) is 0. The molecule has 0 bridgehead atoms. The predicted octanol–water partition coefficient (Wildman–Crippen LogP) is 1.90. The Morgan fingerprint density at radius 2 is 2.10 bits per heavy atom. The Labute approximate surface area is 67.2 Å². The maximum atomic E-state index is 8.98. The summed E-state index contributed by atoms with van der Waals surface area (Å²) in [5.41, 5.74) is 0. The van der Waals surface area contributed by atoms with E-state index in [1.165, 1.54) is 25.7 Å². The summed E-state index contributed by atoms with van der Waals surface area (Å²) in [5, 5.41) is 9.71. The monoisotopic (exact) mass is 160 g/mol. The first kappa shape index (κ1) is 8.41. The molecule has 1 aliphatic carbocycles. The topological polar surface area (TPSA) is 20.2 Å². The van der Waals surface area contributed by atoms with E-state index in [0.29, 0.717) is 12.5 Å². The number of thioether (sulfide) groups is 1. The molecule has 0 aromatic carbocycles. The Bertz CT molecular complexity index is 83.3. The summed E-state index contributed by atoms with van der Waals surface area (Å²) in [5.74, 6) is 0.587. The van der Waals surface area contributed by atoms with Crippen LogP contribution in [0.4, 0.5) is 0 Å². The Kier molecular flexibility index (Phi) is 3.57. The molecule has 0 saturated heterocycles. The van der Waals surface area contributed by atoms with Crippen molar-refractivity contribution in [1.82, 2.24) is 0 Å². The van der Waals surface area contributed by atoms with Gasteiger partial charge in [-0.1, -0.05) is 12.8 Å². The molecule has 0 heterocycles. The average molecular weight is 160 g/mol. The van der Waals surface area contributed by atoms with Gasteiger partial charge in [-0.25, -0.2) is 0 Å². The number of rotatable bonds is 2. The third-order valence-electron chi connectivity index (χ3n) is 2.38. The van der Waals surface area contributed by atoms with E-state index in [1.54, 1.807) is 0 Å². The molecule has 0 amide bonds. The van der Waals surface area contributed by atoms with Crippen molar-refractivity contribution in [2.75, 3.05) is 12.9 Å². The molecule has 1 nitrogen and oxygen atoms in total. The summed E-state index contributed by atoms with van der Waals surface area (Å²) in [6, 6.07) is 0.